The van der Waals surface area contributed by atoms with E-state index in [9.17, 15) is 4.79 Å². The Hall–Kier alpha value is -1.22. The average Bonchev–Trinajstić information content (AvgIpc) is 2.35. The van der Waals surface area contributed by atoms with Crippen molar-refractivity contribution < 1.29 is 9.53 Å². The molecule has 100 valence electrons. The van der Waals surface area contributed by atoms with Gasteiger partial charge in [0.15, 0.2) is 0 Å². The summed E-state index contributed by atoms with van der Waals surface area (Å²) in [6, 6.07) is 7.14. The van der Waals surface area contributed by atoms with Crippen LogP contribution >= 0.6 is 11.6 Å². The van der Waals surface area contributed by atoms with Crippen molar-refractivity contribution in [2.45, 2.75) is 25.6 Å². The van der Waals surface area contributed by atoms with E-state index in [4.69, 9.17) is 16.3 Å². The van der Waals surface area contributed by atoms with Crippen LogP contribution in [0, 0.1) is 5.92 Å². The number of methoxy groups -OCH3 is 1. The van der Waals surface area contributed by atoms with Gasteiger partial charge in [0.2, 0.25) is 0 Å². The highest BCUT2D eigenvalue weighted by Gasteiger charge is 2.13. The summed E-state index contributed by atoms with van der Waals surface area (Å²) in [4.78, 5) is 12.0. The lowest BCUT2D eigenvalue weighted by Gasteiger charge is -2.14. The van der Waals surface area contributed by atoms with Gasteiger partial charge < -0.3 is 10.1 Å². The first kappa shape index (κ1) is 14.8. The zero-order valence-electron chi connectivity index (χ0n) is 11.1. The Morgan fingerprint density at radius 2 is 2.06 bits per heavy atom. The number of ether oxygens (including phenoxy) is 1. The number of hydrogen-bond acceptors (Lipinski definition) is 2. The summed E-state index contributed by atoms with van der Waals surface area (Å²) >= 11 is 6.14. The van der Waals surface area contributed by atoms with Crippen molar-refractivity contribution in [3.05, 3.63) is 29.8 Å². The zero-order chi connectivity index (χ0) is 13.5. The third-order valence-electron chi connectivity index (χ3n) is 2.56. The summed E-state index contributed by atoms with van der Waals surface area (Å²) in [7, 11) is 1.55. The van der Waals surface area contributed by atoms with Crippen molar-refractivity contribution in [1.82, 2.24) is 5.32 Å². The van der Waals surface area contributed by atoms with E-state index in [2.05, 4.69) is 19.2 Å². The number of nitrogens with one attached hydrogen (secondary N) is 1. The van der Waals surface area contributed by atoms with E-state index >= 15 is 0 Å². The predicted octanol–water partition coefficient (Wildman–Crippen LogP) is 3.08. The van der Waals surface area contributed by atoms with Gasteiger partial charge in [-0.2, -0.15) is 0 Å². The number of halogens is 1. The standard InChI is InChI=1S/C14H20ClNO2/c1-10(2)8-11(15)9-16-14(17)12-6-4-5-7-13(12)18-3/h4-7,10-11H,8-9H2,1-3H3,(H,16,17). The molecule has 1 amide bonds. The van der Waals surface area contributed by atoms with Crippen LogP contribution in [0.3, 0.4) is 0 Å². The van der Waals surface area contributed by atoms with Crippen molar-refractivity contribution in [2.24, 2.45) is 5.92 Å². The topological polar surface area (TPSA) is 38.3 Å². The van der Waals surface area contributed by atoms with E-state index in [0.29, 0.717) is 23.8 Å². The average molecular weight is 270 g/mol. The molecule has 0 fully saturated rings. The maximum absolute atomic E-state index is 12.0. The Morgan fingerprint density at radius 3 is 2.67 bits per heavy atom. The van der Waals surface area contributed by atoms with Crippen molar-refractivity contribution in [3.8, 4) is 5.75 Å². The summed E-state index contributed by atoms with van der Waals surface area (Å²) in [6.45, 7) is 4.69. The van der Waals surface area contributed by atoms with Crippen molar-refractivity contribution in [2.75, 3.05) is 13.7 Å². The molecule has 1 unspecified atom stereocenters. The first-order chi connectivity index (χ1) is 8.54. The van der Waals surface area contributed by atoms with Gasteiger partial charge in [0.1, 0.15) is 5.75 Å². The Morgan fingerprint density at radius 1 is 1.39 bits per heavy atom. The Kier molecular flexibility index (Phi) is 5.99. The summed E-state index contributed by atoms with van der Waals surface area (Å²) < 4.78 is 5.14. The minimum atomic E-state index is -0.151. The maximum Gasteiger partial charge on any atom is 0.255 e. The lowest BCUT2D eigenvalue weighted by molar-refractivity contribution is 0.0950. The molecule has 1 rings (SSSR count). The molecule has 1 N–H and O–H groups in total. The van der Waals surface area contributed by atoms with Gasteiger partial charge in [0, 0.05) is 6.54 Å². The number of alkyl halides is 1. The highest BCUT2D eigenvalue weighted by molar-refractivity contribution is 6.21. The molecule has 1 atom stereocenters. The van der Waals surface area contributed by atoms with Crippen molar-refractivity contribution in [1.29, 1.82) is 0 Å². The lowest BCUT2D eigenvalue weighted by Crippen LogP contribution is -2.30. The fourth-order valence-electron chi connectivity index (χ4n) is 1.73. The first-order valence-electron chi connectivity index (χ1n) is 6.10. The SMILES string of the molecule is COc1ccccc1C(=O)NCC(Cl)CC(C)C. The lowest BCUT2D eigenvalue weighted by atomic mass is 10.1. The van der Waals surface area contributed by atoms with Gasteiger partial charge in [0.05, 0.1) is 18.1 Å². The fourth-order valence-corrected chi connectivity index (χ4v) is 2.16. The van der Waals surface area contributed by atoms with Crippen molar-refractivity contribution in [3.63, 3.8) is 0 Å². The van der Waals surface area contributed by atoms with E-state index in [0.717, 1.165) is 6.42 Å². The summed E-state index contributed by atoms with van der Waals surface area (Å²) in [6.07, 6.45) is 0.883. The number of para-hydroxylation sites is 1. The highest BCUT2D eigenvalue weighted by atomic mass is 35.5. The molecule has 0 aliphatic rings. The number of carbonyl (C=O) groups is 1. The molecule has 0 aromatic heterocycles. The third kappa shape index (κ3) is 4.57. The van der Waals surface area contributed by atoms with Gasteiger partial charge in [0.25, 0.3) is 5.91 Å². The van der Waals surface area contributed by atoms with Crippen LogP contribution in [0.4, 0.5) is 0 Å². The van der Waals surface area contributed by atoms with Gasteiger partial charge in [-0.1, -0.05) is 26.0 Å². The molecule has 0 aliphatic heterocycles. The van der Waals surface area contributed by atoms with E-state index in [1.807, 2.05) is 12.1 Å². The molecule has 1 aromatic rings. The molecule has 18 heavy (non-hydrogen) atoms. The third-order valence-corrected chi connectivity index (χ3v) is 2.90. The molecular weight excluding hydrogens is 250 g/mol. The van der Waals surface area contributed by atoms with Crippen LogP contribution in [0.5, 0.6) is 5.75 Å². The number of rotatable bonds is 6. The predicted molar refractivity (Wildman–Crippen MR) is 74.4 cm³/mol. The normalized spacial score (nSPS) is 12.3. The van der Waals surface area contributed by atoms with E-state index in [-0.39, 0.29) is 11.3 Å². The monoisotopic (exact) mass is 269 g/mol. The van der Waals surface area contributed by atoms with Crippen LogP contribution in [-0.4, -0.2) is 24.9 Å². The van der Waals surface area contributed by atoms with Crippen LogP contribution in [0.15, 0.2) is 24.3 Å². The molecule has 0 saturated heterocycles. The zero-order valence-corrected chi connectivity index (χ0v) is 11.8. The molecule has 0 radical (unpaired) electrons. The van der Waals surface area contributed by atoms with Crippen LogP contribution in [0.1, 0.15) is 30.6 Å². The van der Waals surface area contributed by atoms with Crippen LogP contribution < -0.4 is 10.1 Å². The number of benzene rings is 1. The van der Waals surface area contributed by atoms with E-state index in [1.54, 1.807) is 19.2 Å². The molecule has 3 nitrogen and oxygen atoms in total. The van der Waals surface area contributed by atoms with E-state index in [1.165, 1.54) is 0 Å². The Balaban J connectivity index is 2.55. The second-order valence-corrected chi connectivity index (χ2v) is 5.25. The quantitative estimate of drug-likeness (QED) is 0.806. The molecule has 0 spiro atoms. The molecule has 0 saturated carbocycles. The highest BCUT2D eigenvalue weighted by Crippen LogP contribution is 2.17. The van der Waals surface area contributed by atoms with Crippen LogP contribution in [-0.2, 0) is 0 Å². The van der Waals surface area contributed by atoms with Gasteiger partial charge in [-0.3, -0.25) is 4.79 Å². The first-order valence-corrected chi connectivity index (χ1v) is 6.53. The van der Waals surface area contributed by atoms with Gasteiger partial charge in [-0.25, -0.2) is 0 Å². The van der Waals surface area contributed by atoms with Crippen molar-refractivity contribution >= 4 is 17.5 Å². The van der Waals surface area contributed by atoms with Crippen LogP contribution in [0.25, 0.3) is 0 Å². The number of hydrogen-bond donors (Lipinski definition) is 1. The maximum atomic E-state index is 12.0. The van der Waals surface area contributed by atoms with E-state index < -0.39 is 0 Å². The minimum absolute atomic E-state index is 0.0383. The van der Waals surface area contributed by atoms with Crippen LogP contribution in [0.2, 0.25) is 0 Å². The Bertz CT molecular complexity index is 393. The van der Waals surface area contributed by atoms with Gasteiger partial charge in [-0.05, 0) is 24.5 Å². The van der Waals surface area contributed by atoms with Gasteiger partial charge in [-0.15, -0.1) is 11.6 Å². The molecular formula is C14H20ClNO2. The minimum Gasteiger partial charge on any atom is -0.496 e. The Labute approximate surface area is 113 Å². The molecule has 4 heteroatoms. The largest absolute Gasteiger partial charge is 0.496 e. The van der Waals surface area contributed by atoms with Gasteiger partial charge >= 0.3 is 0 Å². The summed E-state index contributed by atoms with van der Waals surface area (Å²) in [5.74, 6) is 0.947. The molecule has 0 aliphatic carbocycles. The summed E-state index contributed by atoms with van der Waals surface area (Å²) in [5, 5.41) is 2.79. The molecule has 0 heterocycles. The second-order valence-electron chi connectivity index (χ2n) is 4.64. The smallest absolute Gasteiger partial charge is 0.255 e. The molecule has 0 bridgehead atoms. The fraction of sp³-hybridized carbons (Fsp3) is 0.500. The number of carbonyl (C=O) groups excluding carboxylic acids is 1. The second kappa shape index (κ2) is 7.27. The number of amides is 1. The molecule has 1 aromatic carbocycles. The summed E-state index contributed by atoms with van der Waals surface area (Å²) in [5.41, 5.74) is 0.536.